The maximum atomic E-state index is 12.5. The van der Waals surface area contributed by atoms with Crippen molar-refractivity contribution in [2.45, 2.75) is 13.0 Å². The third kappa shape index (κ3) is 2.73. The molecule has 6 heteroatoms. The Balaban J connectivity index is 1.48. The van der Waals surface area contributed by atoms with Gasteiger partial charge in [0.1, 0.15) is 4.70 Å². The van der Waals surface area contributed by atoms with Crippen LogP contribution in [0.2, 0.25) is 0 Å². The molecule has 1 atom stereocenters. The number of rotatable bonds is 3. The molecule has 0 aliphatic carbocycles. The Morgan fingerprint density at radius 2 is 2.08 bits per heavy atom. The Hall–Kier alpha value is -2.47. The van der Waals surface area contributed by atoms with Gasteiger partial charge in [0.25, 0.3) is 11.5 Å². The maximum absolute atomic E-state index is 12.5. The van der Waals surface area contributed by atoms with Gasteiger partial charge in [-0.05, 0) is 35.9 Å². The fourth-order valence-corrected chi connectivity index (χ4v) is 4.01. The minimum Gasteiger partial charge on any atom is -0.338 e. The van der Waals surface area contributed by atoms with Gasteiger partial charge in [-0.1, -0.05) is 18.2 Å². The largest absolute Gasteiger partial charge is 0.338 e. The molecule has 5 nitrogen and oxygen atoms in total. The van der Waals surface area contributed by atoms with E-state index in [0.717, 1.165) is 24.0 Å². The summed E-state index contributed by atoms with van der Waals surface area (Å²) < 4.78 is 2.38. The van der Waals surface area contributed by atoms with E-state index >= 15 is 0 Å². The molecular formula is C18H17N3O2S. The van der Waals surface area contributed by atoms with Gasteiger partial charge in [-0.25, -0.2) is 4.98 Å². The van der Waals surface area contributed by atoms with E-state index in [1.807, 2.05) is 46.7 Å². The number of thiophene rings is 1. The van der Waals surface area contributed by atoms with Crippen LogP contribution in [-0.4, -0.2) is 33.4 Å². The van der Waals surface area contributed by atoms with E-state index in [4.69, 9.17) is 0 Å². The number of likely N-dealkylation sites (tertiary alicyclic amines) is 1. The molecule has 3 heterocycles. The first-order chi connectivity index (χ1) is 11.7. The van der Waals surface area contributed by atoms with Gasteiger partial charge in [-0.2, -0.15) is 0 Å². The average Bonchev–Trinajstić information content (AvgIpc) is 3.27. The predicted octanol–water partition coefficient (Wildman–Crippen LogP) is 2.62. The Bertz CT molecular complexity index is 932. The summed E-state index contributed by atoms with van der Waals surface area (Å²) in [7, 11) is 0. The normalized spacial score (nSPS) is 17.5. The van der Waals surface area contributed by atoms with Crippen molar-refractivity contribution in [3.63, 3.8) is 0 Å². The lowest BCUT2D eigenvalue weighted by Gasteiger charge is -2.17. The monoisotopic (exact) mass is 339 g/mol. The van der Waals surface area contributed by atoms with Crippen LogP contribution in [0.25, 0.3) is 10.2 Å². The molecule has 1 aliphatic heterocycles. The fourth-order valence-electron chi connectivity index (χ4n) is 3.22. The molecule has 1 aliphatic rings. The first-order valence-corrected chi connectivity index (χ1v) is 8.87. The summed E-state index contributed by atoms with van der Waals surface area (Å²) in [5, 5.41) is 1.89. The fraction of sp³-hybridized carbons (Fsp3) is 0.278. The molecule has 122 valence electrons. The summed E-state index contributed by atoms with van der Waals surface area (Å²) in [4.78, 5) is 31.2. The SMILES string of the molecule is O=C(c1ccccc1)N1CC[C@H](Cn2cnc3ccsc3c2=O)C1. The standard InChI is InChI=1S/C18H17N3O2S/c22-17(14-4-2-1-3-5-14)20-8-6-13(10-20)11-21-12-19-15-7-9-24-16(15)18(21)23/h1-5,7,9,12-13H,6,8,10-11H2/t13-/m0/s1. The van der Waals surface area contributed by atoms with Crippen LogP contribution in [0.5, 0.6) is 0 Å². The number of fused-ring (bicyclic) bond motifs is 1. The van der Waals surface area contributed by atoms with Crippen molar-refractivity contribution in [1.29, 1.82) is 0 Å². The topological polar surface area (TPSA) is 55.2 Å². The van der Waals surface area contributed by atoms with Gasteiger partial charge in [-0.3, -0.25) is 14.2 Å². The Morgan fingerprint density at radius 1 is 1.25 bits per heavy atom. The summed E-state index contributed by atoms with van der Waals surface area (Å²) in [6, 6.07) is 11.2. The zero-order valence-electron chi connectivity index (χ0n) is 13.1. The highest BCUT2D eigenvalue weighted by molar-refractivity contribution is 7.17. The molecule has 3 aromatic rings. The van der Waals surface area contributed by atoms with E-state index in [1.54, 1.807) is 10.9 Å². The first-order valence-electron chi connectivity index (χ1n) is 7.99. The van der Waals surface area contributed by atoms with Crippen molar-refractivity contribution in [1.82, 2.24) is 14.5 Å². The molecule has 2 aromatic heterocycles. The van der Waals surface area contributed by atoms with Gasteiger partial charge in [0.2, 0.25) is 0 Å². The van der Waals surface area contributed by atoms with E-state index in [9.17, 15) is 9.59 Å². The molecule has 0 bridgehead atoms. The number of benzene rings is 1. The van der Waals surface area contributed by atoms with Crippen molar-refractivity contribution in [3.05, 3.63) is 64.0 Å². The molecule has 0 saturated carbocycles. The second-order valence-corrected chi connectivity index (χ2v) is 7.03. The van der Waals surface area contributed by atoms with Crippen molar-refractivity contribution >= 4 is 27.5 Å². The number of nitrogens with zero attached hydrogens (tertiary/aromatic N) is 3. The maximum Gasteiger partial charge on any atom is 0.271 e. The van der Waals surface area contributed by atoms with E-state index < -0.39 is 0 Å². The van der Waals surface area contributed by atoms with E-state index in [2.05, 4.69) is 4.98 Å². The molecule has 1 amide bonds. The lowest BCUT2D eigenvalue weighted by Crippen LogP contribution is -2.30. The minimum atomic E-state index is 0.0165. The Labute approximate surface area is 143 Å². The molecule has 0 unspecified atom stereocenters. The molecule has 0 spiro atoms. The van der Waals surface area contributed by atoms with E-state index in [1.165, 1.54) is 11.3 Å². The molecule has 1 fully saturated rings. The number of carbonyl (C=O) groups excluding carboxylic acids is 1. The van der Waals surface area contributed by atoms with E-state index in [0.29, 0.717) is 17.8 Å². The molecule has 0 radical (unpaired) electrons. The zero-order valence-corrected chi connectivity index (χ0v) is 13.9. The summed E-state index contributed by atoms with van der Waals surface area (Å²) in [5.41, 5.74) is 1.49. The number of hydrogen-bond donors (Lipinski definition) is 0. The second-order valence-electron chi connectivity index (χ2n) is 6.11. The summed E-state index contributed by atoms with van der Waals surface area (Å²) >= 11 is 1.43. The zero-order chi connectivity index (χ0) is 16.5. The second kappa shape index (κ2) is 6.20. The van der Waals surface area contributed by atoms with Gasteiger partial charge < -0.3 is 4.90 Å². The lowest BCUT2D eigenvalue weighted by molar-refractivity contribution is 0.0786. The van der Waals surface area contributed by atoms with Crippen LogP contribution in [0.4, 0.5) is 0 Å². The van der Waals surface area contributed by atoms with Crippen LogP contribution in [-0.2, 0) is 6.54 Å². The highest BCUT2D eigenvalue weighted by Gasteiger charge is 2.27. The van der Waals surface area contributed by atoms with Crippen LogP contribution >= 0.6 is 11.3 Å². The smallest absolute Gasteiger partial charge is 0.271 e. The van der Waals surface area contributed by atoms with Gasteiger partial charge in [0, 0.05) is 25.2 Å². The minimum absolute atomic E-state index is 0.0165. The first kappa shape index (κ1) is 15.1. The van der Waals surface area contributed by atoms with E-state index in [-0.39, 0.29) is 17.4 Å². The van der Waals surface area contributed by atoms with Crippen LogP contribution < -0.4 is 5.56 Å². The molecule has 24 heavy (non-hydrogen) atoms. The van der Waals surface area contributed by atoms with Crippen molar-refractivity contribution in [3.8, 4) is 0 Å². The summed E-state index contributed by atoms with van der Waals surface area (Å²) in [6.07, 6.45) is 2.53. The molecule has 1 aromatic carbocycles. The molecule has 4 rings (SSSR count). The third-order valence-corrected chi connectivity index (χ3v) is 5.38. The van der Waals surface area contributed by atoms with Crippen LogP contribution in [0, 0.1) is 5.92 Å². The van der Waals surface area contributed by atoms with Gasteiger partial charge in [-0.15, -0.1) is 11.3 Å². The number of carbonyl (C=O) groups is 1. The molecule has 0 N–H and O–H groups in total. The van der Waals surface area contributed by atoms with Gasteiger partial charge in [0.05, 0.1) is 11.8 Å². The predicted molar refractivity (Wildman–Crippen MR) is 94.3 cm³/mol. The van der Waals surface area contributed by atoms with Gasteiger partial charge in [0.15, 0.2) is 0 Å². The van der Waals surface area contributed by atoms with Crippen molar-refractivity contribution in [2.24, 2.45) is 5.92 Å². The average molecular weight is 339 g/mol. The molecular weight excluding hydrogens is 322 g/mol. The van der Waals surface area contributed by atoms with Crippen LogP contribution in [0.3, 0.4) is 0 Å². The highest BCUT2D eigenvalue weighted by atomic mass is 32.1. The lowest BCUT2D eigenvalue weighted by atomic mass is 10.1. The Kier molecular flexibility index (Phi) is 3.90. The summed E-state index contributed by atoms with van der Waals surface area (Å²) in [5.74, 6) is 0.354. The number of aromatic nitrogens is 2. The van der Waals surface area contributed by atoms with Crippen LogP contribution in [0.1, 0.15) is 16.8 Å². The Morgan fingerprint density at radius 3 is 2.92 bits per heavy atom. The summed E-state index contributed by atoms with van der Waals surface area (Å²) in [6.45, 7) is 2.03. The molecule has 1 saturated heterocycles. The van der Waals surface area contributed by atoms with Gasteiger partial charge >= 0.3 is 0 Å². The van der Waals surface area contributed by atoms with Crippen molar-refractivity contribution < 1.29 is 4.79 Å². The third-order valence-electron chi connectivity index (χ3n) is 4.48. The van der Waals surface area contributed by atoms with Crippen molar-refractivity contribution in [2.75, 3.05) is 13.1 Å². The quantitative estimate of drug-likeness (QED) is 0.737. The number of hydrogen-bond acceptors (Lipinski definition) is 4. The highest BCUT2D eigenvalue weighted by Crippen LogP contribution is 2.20. The van der Waals surface area contributed by atoms with Crippen LogP contribution in [0.15, 0.2) is 52.9 Å². The number of amides is 1.